The van der Waals surface area contributed by atoms with E-state index in [1.807, 2.05) is 25.1 Å². The van der Waals surface area contributed by atoms with Crippen LogP contribution in [0.25, 0.3) is 22.6 Å². The summed E-state index contributed by atoms with van der Waals surface area (Å²) in [4.78, 5) is 15.6. The molecule has 3 rings (SSSR count). The molecular weight excluding hydrogens is 236 g/mol. The third-order valence-electron chi connectivity index (χ3n) is 2.59. The van der Waals surface area contributed by atoms with Crippen LogP contribution >= 0.6 is 11.6 Å². The minimum absolute atomic E-state index is 0.669. The fourth-order valence-electron chi connectivity index (χ4n) is 1.69. The standard InChI is InChI=1S/C12H9ClN4/c1-7-4-8(2-3-9(7)13)11-16-10-5-14-6-15-12(10)17-11/h2-6H,1H3,(H,14,15,16,17). The normalized spacial score (nSPS) is 10.9. The molecule has 5 heteroatoms. The van der Waals surface area contributed by atoms with Gasteiger partial charge in [-0.25, -0.2) is 15.0 Å². The van der Waals surface area contributed by atoms with Gasteiger partial charge in [-0.15, -0.1) is 0 Å². The number of H-pyrrole nitrogens is 1. The zero-order valence-electron chi connectivity index (χ0n) is 9.11. The van der Waals surface area contributed by atoms with Crippen LogP contribution in [0.3, 0.4) is 0 Å². The van der Waals surface area contributed by atoms with Gasteiger partial charge in [0, 0.05) is 10.6 Å². The van der Waals surface area contributed by atoms with Crippen LogP contribution in [0.5, 0.6) is 0 Å². The molecule has 17 heavy (non-hydrogen) atoms. The molecule has 0 aliphatic carbocycles. The number of hydrogen-bond acceptors (Lipinski definition) is 3. The molecule has 1 aromatic carbocycles. The summed E-state index contributed by atoms with van der Waals surface area (Å²) in [5.41, 5.74) is 3.51. The van der Waals surface area contributed by atoms with Crippen molar-refractivity contribution >= 4 is 22.8 Å². The Morgan fingerprint density at radius 3 is 2.94 bits per heavy atom. The van der Waals surface area contributed by atoms with Gasteiger partial charge in [0.2, 0.25) is 0 Å². The van der Waals surface area contributed by atoms with E-state index in [0.717, 1.165) is 27.5 Å². The van der Waals surface area contributed by atoms with Gasteiger partial charge in [-0.1, -0.05) is 11.6 Å². The molecule has 0 aliphatic rings. The monoisotopic (exact) mass is 244 g/mol. The van der Waals surface area contributed by atoms with Gasteiger partial charge in [0.05, 0.1) is 6.20 Å². The van der Waals surface area contributed by atoms with Crippen molar-refractivity contribution in [3.63, 3.8) is 0 Å². The lowest BCUT2D eigenvalue weighted by Gasteiger charge is -2.00. The first-order valence-corrected chi connectivity index (χ1v) is 5.54. The highest BCUT2D eigenvalue weighted by atomic mass is 35.5. The highest BCUT2D eigenvalue weighted by Crippen LogP contribution is 2.23. The van der Waals surface area contributed by atoms with Crippen LogP contribution in [-0.4, -0.2) is 19.9 Å². The van der Waals surface area contributed by atoms with Gasteiger partial charge < -0.3 is 4.98 Å². The molecule has 0 aliphatic heterocycles. The summed E-state index contributed by atoms with van der Waals surface area (Å²) >= 11 is 5.99. The van der Waals surface area contributed by atoms with Crippen molar-refractivity contribution in [1.29, 1.82) is 0 Å². The molecule has 0 saturated carbocycles. The maximum absolute atomic E-state index is 5.99. The molecular formula is C12H9ClN4. The van der Waals surface area contributed by atoms with E-state index in [9.17, 15) is 0 Å². The van der Waals surface area contributed by atoms with Gasteiger partial charge in [0.1, 0.15) is 17.7 Å². The summed E-state index contributed by atoms with van der Waals surface area (Å²) in [7, 11) is 0. The first-order chi connectivity index (χ1) is 8.24. The molecule has 0 bridgehead atoms. The molecule has 3 aromatic rings. The SMILES string of the molecule is Cc1cc(-c2nc3ncncc3[nH]2)ccc1Cl. The Balaban J connectivity index is 2.17. The summed E-state index contributed by atoms with van der Waals surface area (Å²) in [6, 6.07) is 5.79. The Morgan fingerprint density at radius 2 is 2.18 bits per heavy atom. The van der Waals surface area contributed by atoms with E-state index >= 15 is 0 Å². The number of nitrogens with one attached hydrogen (secondary N) is 1. The van der Waals surface area contributed by atoms with Gasteiger partial charge in [-0.2, -0.15) is 0 Å². The lowest BCUT2D eigenvalue weighted by atomic mass is 10.1. The average Bonchev–Trinajstić information content (AvgIpc) is 2.76. The quantitative estimate of drug-likeness (QED) is 0.716. The zero-order valence-corrected chi connectivity index (χ0v) is 9.86. The second-order valence-electron chi connectivity index (χ2n) is 3.81. The molecule has 0 fully saturated rings. The molecule has 84 valence electrons. The second kappa shape index (κ2) is 3.82. The van der Waals surface area contributed by atoms with Crippen LogP contribution < -0.4 is 0 Å². The van der Waals surface area contributed by atoms with E-state index in [0.29, 0.717) is 5.65 Å². The first kappa shape index (κ1) is 10.2. The van der Waals surface area contributed by atoms with Crippen molar-refractivity contribution < 1.29 is 0 Å². The van der Waals surface area contributed by atoms with E-state index in [1.54, 1.807) is 6.20 Å². The lowest BCUT2D eigenvalue weighted by Crippen LogP contribution is -1.82. The van der Waals surface area contributed by atoms with E-state index < -0.39 is 0 Å². The van der Waals surface area contributed by atoms with Gasteiger partial charge in [0.15, 0.2) is 5.65 Å². The third kappa shape index (κ3) is 1.76. The number of hydrogen-bond donors (Lipinski definition) is 1. The topological polar surface area (TPSA) is 54.5 Å². The highest BCUT2D eigenvalue weighted by Gasteiger charge is 2.06. The number of aromatic amines is 1. The Hall–Kier alpha value is -1.94. The predicted molar refractivity (Wildman–Crippen MR) is 66.9 cm³/mol. The number of aryl methyl sites for hydroxylation is 1. The summed E-state index contributed by atoms with van der Waals surface area (Å²) in [5.74, 6) is 0.778. The summed E-state index contributed by atoms with van der Waals surface area (Å²) in [6.07, 6.45) is 3.20. The van der Waals surface area contributed by atoms with Crippen LogP contribution in [0.4, 0.5) is 0 Å². The molecule has 0 radical (unpaired) electrons. The molecule has 4 nitrogen and oxygen atoms in total. The second-order valence-corrected chi connectivity index (χ2v) is 4.22. The number of nitrogens with zero attached hydrogens (tertiary/aromatic N) is 3. The van der Waals surface area contributed by atoms with Crippen molar-refractivity contribution in [3.05, 3.63) is 41.3 Å². The fourth-order valence-corrected chi connectivity index (χ4v) is 1.81. The zero-order chi connectivity index (χ0) is 11.8. The lowest BCUT2D eigenvalue weighted by molar-refractivity contribution is 1.20. The maximum atomic E-state index is 5.99. The van der Waals surface area contributed by atoms with Gasteiger partial charge in [-0.05, 0) is 30.7 Å². The minimum Gasteiger partial charge on any atom is -0.335 e. The largest absolute Gasteiger partial charge is 0.335 e. The molecule has 1 N–H and O–H groups in total. The molecule has 0 spiro atoms. The Morgan fingerprint density at radius 1 is 1.29 bits per heavy atom. The summed E-state index contributed by atoms with van der Waals surface area (Å²) in [5, 5.41) is 0.754. The van der Waals surface area contributed by atoms with E-state index in [2.05, 4.69) is 19.9 Å². The molecule has 0 atom stereocenters. The Kier molecular flexibility index (Phi) is 2.30. The van der Waals surface area contributed by atoms with Gasteiger partial charge >= 0.3 is 0 Å². The van der Waals surface area contributed by atoms with Crippen molar-refractivity contribution in [1.82, 2.24) is 19.9 Å². The average molecular weight is 245 g/mol. The van der Waals surface area contributed by atoms with Crippen LogP contribution in [-0.2, 0) is 0 Å². The Labute approximate surface area is 103 Å². The van der Waals surface area contributed by atoms with Crippen LogP contribution in [0.15, 0.2) is 30.7 Å². The summed E-state index contributed by atoms with van der Waals surface area (Å²) < 4.78 is 0. The highest BCUT2D eigenvalue weighted by molar-refractivity contribution is 6.31. The maximum Gasteiger partial charge on any atom is 0.181 e. The number of halogens is 1. The number of aromatic nitrogens is 4. The van der Waals surface area contributed by atoms with Crippen molar-refractivity contribution in [3.8, 4) is 11.4 Å². The molecule has 0 saturated heterocycles. The van der Waals surface area contributed by atoms with Crippen molar-refractivity contribution in [2.75, 3.05) is 0 Å². The number of imidazole rings is 1. The predicted octanol–water partition coefficient (Wildman–Crippen LogP) is 2.98. The smallest absolute Gasteiger partial charge is 0.181 e. The molecule has 0 unspecified atom stereocenters. The van der Waals surface area contributed by atoms with Crippen LogP contribution in [0, 0.1) is 6.92 Å². The van der Waals surface area contributed by atoms with Crippen LogP contribution in [0.2, 0.25) is 5.02 Å². The minimum atomic E-state index is 0.669. The number of fused-ring (bicyclic) bond motifs is 1. The fraction of sp³-hybridized carbons (Fsp3) is 0.0833. The van der Waals surface area contributed by atoms with E-state index in [-0.39, 0.29) is 0 Å². The molecule has 2 heterocycles. The van der Waals surface area contributed by atoms with Crippen LogP contribution in [0.1, 0.15) is 5.56 Å². The van der Waals surface area contributed by atoms with Crippen molar-refractivity contribution in [2.24, 2.45) is 0 Å². The van der Waals surface area contributed by atoms with E-state index in [4.69, 9.17) is 11.6 Å². The van der Waals surface area contributed by atoms with Gasteiger partial charge in [0.25, 0.3) is 0 Å². The molecule has 0 amide bonds. The first-order valence-electron chi connectivity index (χ1n) is 5.16. The number of rotatable bonds is 1. The summed E-state index contributed by atoms with van der Waals surface area (Å²) in [6.45, 7) is 1.97. The Bertz CT molecular complexity index is 657. The van der Waals surface area contributed by atoms with Gasteiger partial charge in [-0.3, -0.25) is 0 Å². The third-order valence-corrected chi connectivity index (χ3v) is 3.02. The van der Waals surface area contributed by atoms with E-state index in [1.165, 1.54) is 6.33 Å². The number of benzene rings is 1. The van der Waals surface area contributed by atoms with Crippen molar-refractivity contribution in [2.45, 2.75) is 6.92 Å². The molecule has 2 aromatic heterocycles.